The molecule has 1 spiro atoms. The van der Waals surface area contributed by atoms with Crippen LogP contribution in [0.4, 0.5) is 9.59 Å². The van der Waals surface area contributed by atoms with Gasteiger partial charge in [0.2, 0.25) is 0 Å². The Hall–Kier alpha value is -3.28. The standard InChI is InChI=1S/C28H37N5O4/c1-20(2)15-36-25(34)31-10-9-27(3,16-31)17-33-18-28(37-26(33)35)8-4-5-22(12-28)14-32-19-30-23-7-6-21(13-29)11-24(23)32/h6-7,11,19-20,22H,4-5,8-10,12,14-18H2,1-3H3/t22-,27?,28-/m0/s1. The van der Waals surface area contributed by atoms with E-state index in [1.165, 1.54) is 0 Å². The number of benzene rings is 1. The second kappa shape index (κ2) is 9.88. The molecule has 3 fully saturated rings. The van der Waals surface area contributed by atoms with Crippen LogP contribution in [0.25, 0.3) is 11.0 Å². The van der Waals surface area contributed by atoms with Gasteiger partial charge in [0.25, 0.3) is 0 Å². The molecule has 3 aliphatic rings. The lowest BCUT2D eigenvalue weighted by atomic mass is 9.77. The van der Waals surface area contributed by atoms with Gasteiger partial charge in [-0.3, -0.25) is 0 Å². The molecular weight excluding hydrogens is 470 g/mol. The molecule has 5 rings (SSSR count). The summed E-state index contributed by atoms with van der Waals surface area (Å²) in [7, 11) is 0. The van der Waals surface area contributed by atoms with Crippen LogP contribution in [0, 0.1) is 28.6 Å². The number of carbonyl (C=O) groups excluding carboxylic acids is 2. The van der Waals surface area contributed by atoms with Crippen molar-refractivity contribution in [3.63, 3.8) is 0 Å². The van der Waals surface area contributed by atoms with Gasteiger partial charge in [0.15, 0.2) is 0 Å². The Balaban J connectivity index is 1.21. The normalized spacial score (nSPS) is 27.8. The molecule has 0 bridgehead atoms. The van der Waals surface area contributed by atoms with Crippen LogP contribution in [0.5, 0.6) is 0 Å². The van der Waals surface area contributed by atoms with Crippen LogP contribution < -0.4 is 0 Å². The van der Waals surface area contributed by atoms with Gasteiger partial charge < -0.3 is 23.8 Å². The molecule has 9 nitrogen and oxygen atoms in total. The molecule has 1 unspecified atom stereocenters. The van der Waals surface area contributed by atoms with Gasteiger partial charge in [-0.2, -0.15) is 5.26 Å². The van der Waals surface area contributed by atoms with Gasteiger partial charge in [0.05, 0.1) is 42.1 Å². The maximum atomic E-state index is 13.0. The number of carbonyl (C=O) groups is 2. The minimum atomic E-state index is -0.459. The van der Waals surface area contributed by atoms with Crippen molar-refractivity contribution in [2.24, 2.45) is 17.3 Å². The minimum absolute atomic E-state index is 0.177. The van der Waals surface area contributed by atoms with Crippen molar-refractivity contribution < 1.29 is 19.1 Å². The highest BCUT2D eigenvalue weighted by molar-refractivity contribution is 5.77. The first-order valence-electron chi connectivity index (χ1n) is 13.4. The molecule has 3 atom stereocenters. The third kappa shape index (κ3) is 5.39. The van der Waals surface area contributed by atoms with E-state index in [1.807, 2.05) is 37.2 Å². The van der Waals surface area contributed by atoms with Crippen molar-refractivity contribution in [1.82, 2.24) is 19.4 Å². The van der Waals surface area contributed by atoms with E-state index >= 15 is 0 Å². The summed E-state index contributed by atoms with van der Waals surface area (Å²) >= 11 is 0. The van der Waals surface area contributed by atoms with Crippen LogP contribution in [-0.4, -0.2) is 69.9 Å². The van der Waals surface area contributed by atoms with Crippen LogP contribution in [0.2, 0.25) is 0 Å². The fraction of sp³-hybridized carbons (Fsp3) is 0.643. The Morgan fingerprint density at radius 3 is 2.95 bits per heavy atom. The summed E-state index contributed by atoms with van der Waals surface area (Å²) in [5, 5.41) is 9.28. The average Bonchev–Trinajstić information content (AvgIpc) is 3.53. The van der Waals surface area contributed by atoms with Crippen LogP contribution in [0.3, 0.4) is 0 Å². The van der Waals surface area contributed by atoms with E-state index in [1.54, 1.807) is 11.0 Å². The predicted molar refractivity (Wildman–Crippen MR) is 138 cm³/mol. The lowest BCUT2D eigenvalue weighted by Crippen LogP contribution is -2.43. The van der Waals surface area contributed by atoms with Crippen LogP contribution in [0.1, 0.15) is 58.4 Å². The summed E-state index contributed by atoms with van der Waals surface area (Å²) in [6.45, 7) is 9.80. The van der Waals surface area contributed by atoms with E-state index in [0.717, 1.165) is 49.7 Å². The van der Waals surface area contributed by atoms with Gasteiger partial charge in [-0.25, -0.2) is 14.6 Å². The number of aromatic nitrogens is 2. The molecule has 1 aromatic carbocycles. The largest absolute Gasteiger partial charge is 0.449 e. The number of hydrogen-bond acceptors (Lipinski definition) is 6. The second-order valence-electron chi connectivity index (χ2n) is 12.0. The second-order valence-corrected chi connectivity index (χ2v) is 12.0. The summed E-state index contributed by atoms with van der Waals surface area (Å²) in [6.07, 6.45) is 5.95. The molecule has 0 radical (unpaired) electrons. The SMILES string of the molecule is CC(C)COC(=O)N1CCC(C)(CN2C[C@@]3(CCC[C@H](Cn4cnc5ccc(C#N)cc54)C3)OC2=O)C1. The zero-order valence-electron chi connectivity index (χ0n) is 22.1. The van der Waals surface area contributed by atoms with Crippen molar-refractivity contribution in [2.75, 3.05) is 32.8 Å². The highest BCUT2D eigenvalue weighted by atomic mass is 16.6. The van der Waals surface area contributed by atoms with E-state index in [2.05, 4.69) is 22.5 Å². The molecule has 1 aliphatic carbocycles. The number of imidazole rings is 1. The molecule has 1 saturated carbocycles. The lowest BCUT2D eigenvalue weighted by molar-refractivity contribution is 0.00410. The first kappa shape index (κ1) is 25.4. The average molecular weight is 508 g/mol. The number of nitrogens with zero attached hydrogens (tertiary/aromatic N) is 5. The summed E-state index contributed by atoms with van der Waals surface area (Å²) in [4.78, 5) is 33.6. The fourth-order valence-electron chi connectivity index (χ4n) is 6.30. The Labute approximate surface area is 218 Å². The number of ether oxygens (including phenoxy) is 2. The van der Waals surface area contributed by atoms with Crippen molar-refractivity contribution in [3.05, 3.63) is 30.1 Å². The van der Waals surface area contributed by atoms with Gasteiger partial charge in [0.1, 0.15) is 5.60 Å². The summed E-state index contributed by atoms with van der Waals surface area (Å²) in [6, 6.07) is 7.78. The first-order valence-corrected chi connectivity index (χ1v) is 13.4. The van der Waals surface area contributed by atoms with Gasteiger partial charge in [0, 0.05) is 31.6 Å². The van der Waals surface area contributed by atoms with Crippen LogP contribution in [0.15, 0.2) is 24.5 Å². The zero-order chi connectivity index (χ0) is 26.2. The molecule has 9 heteroatoms. The van der Waals surface area contributed by atoms with Gasteiger partial charge in [-0.15, -0.1) is 0 Å². The Bertz CT molecular complexity index is 1220. The molecule has 2 aromatic rings. The maximum Gasteiger partial charge on any atom is 0.410 e. The van der Waals surface area contributed by atoms with E-state index in [9.17, 15) is 14.9 Å². The van der Waals surface area contributed by atoms with Gasteiger partial charge in [-0.1, -0.05) is 20.8 Å². The highest BCUT2D eigenvalue weighted by Gasteiger charge is 2.50. The lowest BCUT2D eigenvalue weighted by Gasteiger charge is -2.36. The molecule has 2 saturated heterocycles. The summed E-state index contributed by atoms with van der Waals surface area (Å²) in [5.41, 5.74) is 1.84. The van der Waals surface area contributed by atoms with E-state index < -0.39 is 5.60 Å². The number of nitriles is 1. The topological polar surface area (TPSA) is 101 Å². The monoisotopic (exact) mass is 507 g/mol. The van der Waals surface area contributed by atoms with Crippen molar-refractivity contribution >= 4 is 23.2 Å². The van der Waals surface area contributed by atoms with Crippen LogP contribution in [-0.2, 0) is 16.0 Å². The Morgan fingerprint density at radius 2 is 2.16 bits per heavy atom. The number of fused-ring (bicyclic) bond motifs is 1. The number of likely N-dealkylation sites (tertiary alicyclic amines) is 1. The number of hydrogen-bond donors (Lipinski definition) is 0. The minimum Gasteiger partial charge on any atom is -0.449 e. The molecule has 0 N–H and O–H groups in total. The van der Waals surface area contributed by atoms with Gasteiger partial charge >= 0.3 is 12.2 Å². The van der Waals surface area contributed by atoms with Crippen molar-refractivity contribution in [3.8, 4) is 6.07 Å². The molecule has 2 amide bonds. The summed E-state index contributed by atoms with van der Waals surface area (Å²) in [5.74, 6) is 0.660. The predicted octanol–water partition coefficient (Wildman–Crippen LogP) is 4.79. The van der Waals surface area contributed by atoms with Crippen LogP contribution >= 0.6 is 0 Å². The van der Waals surface area contributed by atoms with Crippen molar-refractivity contribution in [2.45, 2.75) is 65.0 Å². The molecule has 198 valence electrons. The molecule has 1 aromatic heterocycles. The first-order chi connectivity index (χ1) is 17.7. The third-order valence-corrected chi connectivity index (χ3v) is 8.08. The smallest absolute Gasteiger partial charge is 0.410 e. The number of rotatable bonds is 6. The number of amides is 2. The molecule has 37 heavy (non-hydrogen) atoms. The van der Waals surface area contributed by atoms with Gasteiger partial charge in [-0.05, 0) is 62.1 Å². The quantitative estimate of drug-likeness (QED) is 0.557. The fourth-order valence-corrected chi connectivity index (χ4v) is 6.30. The maximum absolute atomic E-state index is 13.0. The molecular formula is C28H37N5O4. The third-order valence-electron chi connectivity index (χ3n) is 8.08. The molecule has 2 aliphatic heterocycles. The summed E-state index contributed by atoms with van der Waals surface area (Å²) < 4.78 is 13.6. The molecule has 3 heterocycles. The van der Waals surface area contributed by atoms with E-state index in [0.29, 0.717) is 50.2 Å². The Morgan fingerprint density at radius 1 is 1.32 bits per heavy atom. The zero-order valence-corrected chi connectivity index (χ0v) is 22.1. The highest BCUT2D eigenvalue weighted by Crippen LogP contribution is 2.42. The van der Waals surface area contributed by atoms with Crippen molar-refractivity contribution in [1.29, 1.82) is 5.26 Å². The Kier molecular flexibility index (Phi) is 6.78. The van der Waals surface area contributed by atoms with E-state index in [-0.39, 0.29) is 17.6 Å². The van der Waals surface area contributed by atoms with E-state index in [4.69, 9.17) is 9.47 Å².